The largest absolute Gasteiger partial charge is 0.497 e. The van der Waals surface area contributed by atoms with Crippen LogP contribution in [0.15, 0.2) is 48.8 Å². The second kappa shape index (κ2) is 8.10. The number of ether oxygens (including phenoxy) is 1. The lowest BCUT2D eigenvalue weighted by atomic mass is 9.97. The van der Waals surface area contributed by atoms with E-state index in [0.717, 1.165) is 4.68 Å². The van der Waals surface area contributed by atoms with Gasteiger partial charge in [-0.2, -0.15) is 18.3 Å². The summed E-state index contributed by atoms with van der Waals surface area (Å²) in [6.45, 7) is 0. The third-order valence-corrected chi connectivity index (χ3v) is 5.31. The minimum atomic E-state index is -4.59. The molecule has 11 heteroatoms. The van der Waals surface area contributed by atoms with Crippen LogP contribution >= 0.6 is 11.6 Å². The Morgan fingerprint density at radius 2 is 2.03 bits per heavy atom. The number of alkyl halides is 3. The van der Waals surface area contributed by atoms with Gasteiger partial charge in [-0.15, -0.1) is 0 Å². The zero-order valence-corrected chi connectivity index (χ0v) is 16.9. The summed E-state index contributed by atoms with van der Waals surface area (Å²) in [7, 11) is 1.50. The number of pyridine rings is 1. The van der Waals surface area contributed by atoms with Gasteiger partial charge in [0.15, 0.2) is 11.7 Å². The van der Waals surface area contributed by atoms with Crippen LogP contribution in [0.3, 0.4) is 0 Å². The summed E-state index contributed by atoms with van der Waals surface area (Å²) in [6, 6.07) is 7.25. The fourth-order valence-corrected chi connectivity index (χ4v) is 3.68. The summed E-state index contributed by atoms with van der Waals surface area (Å²) in [5.41, 5.74) is 0.684. The molecule has 0 fully saturated rings. The van der Waals surface area contributed by atoms with E-state index >= 15 is 0 Å². The third-order valence-electron chi connectivity index (χ3n) is 4.95. The van der Waals surface area contributed by atoms with Crippen molar-refractivity contribution in [3.05, 3.63) is 65.1 Å². The molecule has 0 spiro atoms. The maximum absolute atomic E-state index is 13.9. The van der Waals surface area contributed by atoms with Gasteiger partial charge in [-0.25, -0.2) is 4.68 Å². The number of rotatable bonds is 4. The fraction of sp³-hybridized carbons (Fsp3) is 0.250. The Morgan fingerprint density at radius 1 is 1.29 bits per heavy atom. The van der Waals surface area contributed by atoms with Crippen LogP contribution in [0, 0.1) is 0 Å². The lowest BCUT2D eigenvalue weighted by Gasteiger charge is -2.33. The molecule has 2 unspecified atom stereocenters. The molecule has 1 aliphatic heterocycles. The second-order valence-corrected chi connectivity index (χ2v) is 7.29. The average molecular weight is 452 g/mol. The van der Waals surface area contributed by atoms with E-state index in [4.69, 9.17) is 16.3 Å². The number of fused-ring (bicyclic) bond motifs is 1. The molecule has 3 heterocycles. The predicted molar refractivity (Wildman–Crippen MR) is 108 cm³/mol. The number of nitrogens with one attached hydrogen (secondary N) is 2. The highest BCUT2D eigenvalue weighted by atomic mass is 35.5. The van der Waals surface area contributed by atoms with Crippen molar-refractivity contribution in [3.63, 3.8) is 0 Å². The van der Waals surface area contributed by atoms with Crippen molar-refractivity contribution in [2.45, 2.75) is 24.7 Å². The lowest BCUT2D eigenvalue weighted by Crippen LogP contribution is -2.35. The van der Waals surface area contributed by atoms with Crippen LogP contribution in [-0.2, 0) is 0 Å². The van der Waals surface area contributed by atoms with Crippen LogP contribution < -0.4 is 15.4 Å². The minimum Gasteiger partial charge on any atom is -0.497 e. The van der Waals surface area contributed by atoms with E-state index < -0.39 is 24.2 Å². The van der Waals surface area contributed by atoms with Gasteiger partial charge in [0.05, 0.1) is 25.0 Å². The van der Waals surface area contributed by atoms with Gasteiger partial charge >= 0.3 is 6.18 Å². The molecular weight excluding hydrogens is 435 g/mol. The molecule has 2 N–H and O–H groups in total. The van der Waals surface area contributed by atoms with E-state index in [0.29, 0.717) is 17.0 Å². The monoisotopic (exact) mass is 451 g/mol. The summed E-state index contributed by atoms with van der Waals surface area (Å²) in [4.78, 5) is 16.5. The maximum Gasteiger partial charge on any atom is 0.410 e. The molecule has 2 atom stereocenters. The van der Waals surface area contributed by atoms with Gasteiger partial charge in [-0.1, -0.05) is 23.7 Å². The van der Waals surface area contributed by atoms with Crippen LogP contribution in [0.2, 0.25) is 5.02 Å². The van der Waals surface area contributed by atoms with Gasteiger partial charge in [0.1, 0.15) is 16.6 Å². The highest BCUT2D eigenvalue weighted by Gasteiger charge is 2.47. The molecular formula is C20H17ClF3N5O2. The number of anilines is 2. The van der Waals surface area contributed by atoms with Crippen molar-refractivity contribution < 1.29 is 22.7 Å². The van der Waals surface area contributed by atoms with E-state index in [9.17, 15) is 18.0 Å². The molecule has 0 radical (unpaired) electrons. The Hall–Kier alpha value is -3.27. The summed E-state index contributed by atoms with van der Waals surface area (Å²) in [5.74, 6) is -0.208. The molecule has 1 aliphatic rings. The van der Waals surface area contributed by atoms with Gasteiger partial charge in [-0.3, -0.25) is 9.78 Å². The number of hydrogen-bond acceptors (Lipinski definition) is 5. The smallest absolute Gasteiger partial charge is 0.410 e. The summed E-state index contributed by atoms with van der Waals surface area (Å²) < 4.78 is 47.4. The van der Waals surface area contributed by atoms with Crippen molar-refractivity contribution in [1.29, 1.82) is 0 Å². The summed E-state index contributed by atoms with van der Waals surface area (Å²) >= 11 is 6.31. The topological polar surface area (TPSA) is 81.1 Å². The Labute approximate surface area is 180 Å². The minimum absolute atomic E-state index is 0.0626. The normalized spacial score (nSPS) is 18.1. The average Bonchev–Trinajstić information content (AvgIpc) is 3.10. The molecule has 0 bridgehead atoms. The SMILES string of the molecule is COc1ccc(C2CC(C(F)(F)F)n3nc(C(=O)Nc4cccnc4)c(Cl)c3N2)cc1. The van der Waals surface area contributed by atoms with Crippen LogP contribution in [0.1, 0.15) is 34.6 Å². The standard InChI is InChI=1S/C20H17ClF3N5O2/c1-31-13-6-4-11(5-7-13)14-9-15(20(22,23)24)29-18(27-14)16(21)17(28-29)19(30)26-12-3-2-8-25-10-12/h2-8,10,14-15,27H,9H2,1H3,(H,26,30). The third kappa shape index (κ3) is 4.15. The molecule has 0 aliphatic carbocycles. The molecule has 2 aromatic heterocycles. The van der Waals surface area contributed by atoms with Crippen LogP contribution in [-0.4, -0.2) is 34.0 Å². The predicted octanol–water partition coefficient (Wildman–Crippen LogP) is 4.85. The Bertz CT molecular complexity index is 1090. The number of carbonyl (C=O) groups is 1. The van der Waals surface area contributed by atoms with Crippen molar-refractivity contribution in [3.8, 4) is 5.75 Å². The molecule has 4 rings (SSSR count). The van der Waals surface area contributed by atoms with E-state index in [1.165, 1.54) is 19.5 Å². The zero-order valence-electron chi connectivity index (χ0n) is 16.2. The maximum atomic E-state index is 13.9. The quantitative estimate of drug-likeness (QED) is 0.592. The first-order valence-electron chi connectivity index (χ1n) is 9.24. The lowest BCUT2D eigenvalue weighted by molar-refractivity contribution is -0.173. The van der Waals surface area contributed by atoms with Crippen LogP contribution in [0.25, 0.3) is 0 Å². The fourth-order valence-electron chi connectivity index (χ4n) is 3.42. The number of halogens is 4. The second-order valence-electron chi connectivity index (χ2n) is 6.91. The Morgan fingerprint density at radius 3 is 2.65 bits per heavy atom. The molecule has 0 saturated carbocycles. The molecule has 3 aromatic rings. The van der Waals surface area contributed by atoms with Crippen molar-refractivity contribution in [2.75, 3.05) is 17.7 Å². The van der Waals surface area contributed by atoms with Crippen molar-refractivity contribution >= 4 is 29.0 Å². The first kappa shape index (κ1) is 21.0. The first-order valence-corrected chi connectivity index (χ1v) is 9.62. The van der Waals surface area contributed by atoms with E-state index in [2.05, 4.69) is 20.7 Å². The molecule has 0 saturated heterocycles. The number of nitrogens with zero attached hydrogens (tertiary/aromatic N) is 3. The number of benzene rings is 1. The molecule has 1 aromatic carbocycles. The van der Waals surface area contributed by atoms with Gasteiger partial charge in [0.2, 0.25) is 0 Å². The van der Waals surface area contributed by atoms with Crippen molar-refractivity contribution in [2.24, 2.45) is 0 Å². The number of amides is 1. The highest BCUT2D eigenvalue weighted by molar-refractivity contribution is 6.36. The number of aromatic nitrogens is 3. The van der Waals surface area contributed by atoms with Crippen molar-refractivity contribution in [1.82, 2.24) is 14.8 Å². The number of methoxy groups -OCH3 is 1. The van der Waals surface area contributed by atoms with E-state index in [-0.39, 0.29) is 23.0 Å². The first-order chi connectivity index (χ1) is 14.8. The van der Waals surface area contributed by atoms with E-state index in [1.807, 2.05) is 0 Å². The van der Waals surface area contributed by atoms with Gasteiger partial charge in [0, 0.05) is 12.6 Å². The molecule has 7 nitrogen and oxygen atoms in total. The molecule has 31 heavy (non-hydrogen) atoms. The van der Waals surface area contributed by atoms with Crippen LogP contribution in [0.4, 0.5) is 24.7 Å². The Balaban J connectivity index is 1.69. The van der Waals surface area contributed by atoms with Crippen LogP contribution in [0.5, 0.6) is 5.75 Å². The Kier molecular flexibility index (Phi) is 5.48. The molecule has 162 valence electrons. The summed E-state index contributed by atoms with van der Waals surface area (Å²) in [5, 5.41) is 9.24. The number of hydrogen-bond donors (Lipinski definition) is 2. The molecule has 1 amide bonds. The van der Waals surface area contributed by atoms with Gasteiger partial charge < -0.3 is 15.4 Å². The van der Waals surface area contributed by atoms with Gasteiger partial charge in [-0.05, 0) is 29.8 Å². The number of carbonyl (C=O) groups excluding carboxylic acids is 1. The van der Waals surface area contributed by atoms with E-state index in [1.54, 1.807) is 36.4 Å². The summed E-state index contributed by atoms with van der Waals surface area (Å²) in [6.07, 6.45) is -1.98. The van der Waals surface area contributed by atoms with Gasteiger partial charge in [0.25, 0.3) is 5.91 Å². The zero-order chi connectivity index (χ0) is 22.2. The highest BCUT2D eigenvalue weighted by Crippen LogP contribution is 2.46.